The molecule has 16 heavy (non-hydrogen) atoms. The Balaban J connectivity index is 2.33. The van der Waals surface area contributed by atoms with Crippen LogP contribution < -0.4 is 10.6 Å². The number of para-hydroxylation sites is 1. The van der Waals surface area contributed by atoms with Crippen molar-refractivity contribution in [2.45, 2.75) is 12.8 Å². The topological polar surface area (TPSA) is 63.4 Å². The zero-order valence-electron chi connectivity index (χ0n) is 8.98. The van der Waals surface area contributed by atoms with Gasteiger partial charge in [0, 0.05) is 25.1 Å². The molecule has 0 aromatic heterocycles. The van der Waals surface area contributed by atoms with Gasteiger partial charge >= 0.3 is 0 Å². The first-order valence-corrected chi connectivity index (χ1v) is 5.32. The van der Waals surface area contributed by atoms with Gasteiger partial charge in [-0.25, -0.2) is 0 Å². The van der Waals surface area contributed by atoms with Crippen LogP contribution >= 0.6 is 0 Å². The number of carbonyl (C=O) groups is 2. The van der Waals surface area contributed by atoms with Crippen molar-refractivity contribution in [3.63, 3.8) is 0 Å². The lowest BCUT2D eigenvalue weighted by Gasteiger charge is -2.28. The quantitative estimate of drug-likeness (QED) is 0.786. The summed E-state index contributed by atoms with van der Waals surface area (Å²) in [6.45, 7) is 0.488. The smallest absolute Gasteiger partial charge is 0.228 e. The maximum absolute atomic E-state index is 11.8. The van der Waals surface area contributed by atoms with E-state index in [1.807, 2.05) is 24.3 Å². The number of carbonyl (C=O) groups excluding carboxylic acids is 2. The third-order valence-electron chi connectivity index (χ3n) is 2.66. The molecule has 0 atom stereocenters. The van der Waals surface area contributed by atoms with E-state index >= 15 is 0 Å². The summed E-state index contributed by atoms with van der Waals surface area (Å²) in [6.07, 6.45) is 0.699. The Bertz CT molecular complexity index is 429. The molecule has 1 aliphatic heterocycles. The van der Waals surface area contributed by atoms with Gasteiger partial charge in [0.1, 0.15) is 0 Å². The summed E-state index contributed by atoms with van der Waals surface area (Å²) in [5.41, 5.74) is 7.13. The summed E-state index contributed by atoms with van der Waals surface area (Å²) in [4.78, 5) is 24.9. The molecule has 0 spiro atoms. The van der Waals surface area contributed by atoms with Crippen LogP contribution in [-0.4, -0.2) is 24.8 Å². The Kier molecular flexibility index (Phi) is 3.01. The molecule has 0 unspecified atom stereocenters. The van der Waals surface area contributed by atoms with E-state index < -0.39 is 0 Å². The van der Waals surface area contributed by atoms with E-state index in [1.165, 1.54) is 4.90 Å². The largest absolute Gasteiger partial charge is 0.330 e. The maximum Gasteiger partial charge on any atom is 0.228 e. The number of nitrogens with zero attached hydrogens (tertiary/aromatic N) is 1. The molecule has 1 aliphatic rings. The Hall–Kier alpha value is -1.68. The highest BCUT2D eigenvalue weighted by Crippen LogP contribution is 2.25. The Labute approximate surface area is 94.0 Å². The predicted molar refractivity (Wildman–Crippen MR) is 61.2 cm³/mol. The van der Waals surface area contributed by atoms with Crippen molar-refractivity contribution >= 4 is 17.4 Å². The van der Waals surface area contributed by atoms with Crippen LogP contribution in [0.15, 0.2) is 24.3 Å². The number of nitrogens with two attached hydrogens (primary N) is 1. The van der Waals surface area contributed by atoms with Crippen LogP contribution in [0, 0.1) is 0 Å². The van der Waals surface area contributed by atoms with Crippen molar-refractivity contribution in [1.29, 1.82) is 0 Å². The fourth-order valence-corrected chi connectivity index (χ4v) is 1.93. The van der Waals surface area contributed by atoms with E-state index in [-0.39, 0.29) is 24.7 Å². The summed E-state index contributed by atoms with van der Waals surface area (Å²) in [5.74, 6) is -0.00734. The third-order valence-corrected chi connectivity index (χ3v) is 2.66. The van der Waals surface area contributed by atoms with Gasteiger partial charge in [-0.2, -0.15) is 0 Å². The fourth-order valence-electron chi connectivity index (χ4n) is 1.93. The Morgan fingerprint density at radius 2 is 2.12 bits per heavy atom. The molecule has 4 nitrogen and oxygen atoms in total. The first-order chi connectivity index (χ1) is 7.72. The van der Waals surface area contributed by atoms with Gasteiger partial charge in [-0.1, -0.05) is 18.2 Å². The number of rotatable bonds is 2. The van der Waals surface area contributed by atoms with E-state index in [9.17, 15) is 9.59 Å². The molecule has 1 aromatic rings. The minimum atomic E-state index is -0.0806. The fraction of sp³-hybridized carbons (Fsp3) is 0.333. The molecular weight excluding hydrogens is 204 g/mol. The van der Waals surface area contributed by atoms with Gasteiger partial charge in [-0.3, -0.25) is 9.59 Å². The highest BCUT2D eigenvalue weighted by atomic mass is 16.2. The third kappa shape index (κ3) is 1.97. The van der Waals surface area contributed by atoms with Gasteiger partial charge < -0.3 is 10.6 Å². The SMILES string of the molecule is NCCC(=O)N1CC(=O)Cc2ccccc21. The second-order valence-electron chi connectivity index (χ2n) is 3.86. The molecule has 1 amide bonds. The van der Waals surface area contributed by atoms with Gasteiger partial charge in [-0.15, -0.1) is 0 Å². The summed E-state index contributed by atoms with van der Waals surface area (Å²) in [5, 5.41) is 0. The Morgan fingerprint density at radius 1 is 1.38 bits per heavy atom. The lowest BCUT2D eigenvalue weighted by Crippen LogP contribution is -2.40. The molecule has 1 heterocycles. The van der Waals surface area contributed by atoms with E-state index in [2.05, 4.69) is 0 Å². The van der Waals surface area contributed by atoms with Crippen molar-refractivity contribution in [3.8, 4) is 0 Å². The first kappa shape index (κ1) is 10.8. The monoisotopic (exact) mass is 218 g/mol. The van der Waals surface area contributed by atoms with Crippen LogP contribution in [0.1, 0.15) is 12.0 Å². The number of Topliss-reactive ketones (excluding diaryl/α,β-unsaturated/α-hetero) is 1. The molecule has 0 saturated carbocycles. The van der Waals surface area contributed by atoms with E-state index in [4.69, 9.17) is 5.73 Å². The molecule has 1 aromatic carbocycles. The average Bonchev–Trinajstić information content (AvgIpc) is 2.28. The number of hydrogen-bond donors (Lipinski definition) is 1. The molecule has 2 N–H and O–H groups in total. The normalized spacial score (nSPS) is 14.8. The summed E-state index contributed by atoms with van der Waals surface area (Å²) >= 11 is 0. The zero-order valence-corrected chi connectivity index (χ0v) is 8.98. The van der Waals surface area contributed by atoms with Crippen molar-refractivity contribution < 1.29 is 9.59 Å². The molecular formula is C12H14N2O2. The average molecular weight is 218 g/mol. The standard InChI is InChI=1S/C12H14N2O2/c13-6-5-12(16)14-8-10(15)7-9-3-1-2-4-11(9)14/h1-4H,5-8,13H2. The molecule has 84 valence electrons. The van der Waals surface area contributed by atoms with Crippen LogP contribution in [-0.2, 0) is 16.0 Å². The van der Waals surface area contributed by atoms with Gasteiger partial charge in [0.2, 0.25) is 5.91 Å². The van der Waals surface area contributed by atoms with Crippen molar-refractivity contribution in [1.82, 2.24) is 0 Å². The van der Waals surface area contributed by atoms with Crippen LogP contribution in [0.3, 0.4) is 0 Å². The van der Waals surface area contributed by atoms with Crippen LogP contribution in [0.25, 0.3) is 0 Å². The minimum Gasteiger partial charge on any atom is -0.330 e. The van der Waals surface area contributed by atoms with Gasteiger partial charge in [-0.05, 0) is 11.6 Å². The predicted octanol–water partition coefficient (Wildman–Crippen LogP) is 0.494. The highest BCUT2D eigenvalue weighted by Gasteiger charge is 2.25. The summed E-state index contributed by atoms with van der Waals surface area (Å²) in [6, 6.07) is 7.51. The first-order valence-electron chi connectivity index (χ1n) is 5.32. The van der Waals surface area contributed by atoms with E-state index in [0.717, 1.165) is 11.3 Å². The molecule has 0 saturated heterocycles. The summed E-state index contributed by atoms with van der Waals surface area (Å²) in [7, 11) is 0. The second kappa shape index (κ2) is 4.45. The minimum absolute atomic E-state index is 0.0732. The highest BCUT2D eigenvalue weighted by molar-refractivity contribution is 6.03. The van der Waals surface area contributed by atoms with Crippen molar-refractivity contribution in [2.75, 3.05) is 18.0 Å². The molecule has 0 bridgehead atoms. The second-order valence-corrected chi connectivity index (χ2v) is 3.86. The number of amides is 1. The van der Waals surface area contributed by atoms with E-state index in [0.29, 0.717) is 13.0 Å². The lowest BCUT2D eigenvalue weighted by molar-refractivity contribution is -0.122. The lowest BCUT2D eigenvalue weighted by atomic mass is 10.0. The van der Waals surface area contributed by atoms with Gasteiger partial charge in [0.05, 0.1) is 6.54 Å². The number of ketones is 1. The van der Waals surface area contributed by atoms with Gasteiger partial charge in [0.15, 0.2) is 5.78 Å². The number of hydrogen-bond acceptors (Lipinski definition) is 3. The van der Waals surface area contributed by atoms with Crippen LogP contribution in [0.5, 0.6) is 0 Å². The number of anilines is 1. The molecule has 0 fully saturated rings. The molecule has 0 radical (unpaired) electrons. The molecule has 4 heteroatoms. The van der Waals surface area contributed by atoms with Crippen molar-refractivity contribution in [3.05, 3.63) is 29.8 Å². The van der Waals surface area contributed by atoms with Gasteiger partial charge in [0.25, 0.3) is 0 Å². The maximum atomic E-state index is 11.8. The van der Waals surface area contributed by atoms with Crippen molar-refractivity contribution in [2.24, 2.45) is 5.73 Å². The van der Waals surface area contributed by atoms with Crippen LogP contribution in [0.4, 0.5) is 5.69 Å². The molecule has 0 aliphatic carbocycles. The van der Waals surface area contributed by atoms with Crippen LogP contribution in [0.2, 0.25) is 0 Å². The van der Waals surface area contributed by atoms with E-state index in [1.54, 1.807) is 0 Å². The zero-order chi connectivity index (χ0) is 11.5. The Morgan fingerprint density at radius 3 is 2.88 bits per heavy atom. The summed E-state index contributed by atoms with van der Waals surface area (Å²) < 4.78 is 0. The number of fused-ring (bicyclic) bond motifs is 1. The molecule has 2 rings (SSSR count). The number of benzene rings is 1.